The first-order valence-electron chi connectivity index (χ1n) is 8.31. The van der Waals surface area contributed by atoms with Gasteiger partial charge in [-0.25, -0.2) is 14.8 Å². The maximum Gasteiger partial charge on any atom is 0.433 e. The van der Waals surface area contributed by atoms with Crippen LogP contribution in [0.1, 0.15) is 28.7 Å². The molecule has 160 valence electrons. The van der Waals surface area contributed by atoms with E-state index in [1.165, 1.54) is 6.92 Å². The number of hydrogen-bond donors (Lipinski definition) is 3. The Morgan fingerprint density at radius 1 is 1.10 bits per heavy atom. The molecular formula is C17H13F6N5O2. The zero-order valence-corrected chi connectivity index (χ0v) is 15.1. The lowest BCUT2D eigenvalue weighted by molar-refractivity contribution is -0.142. The number of nitrogens with zero attached hydrogens (tertiary/aromatic N) is 3. The second-order valence-corrected chi connectivity index (χ2v) is 6.25. The number of pyridine rings is 1. The highest BCUT2D eigenvalue weighted by Gasteiger charge is 2.38. The molecule has 0 aliphatic carbocycles. The number of hydrogen-bond acceptors (Lipinski definition) is 6. The third-order valence-electron chi connectivity index (χ3n) is 4.05. The molecule has 0 aliphatic heterocycles. The molecular weight excluding hydrogens is 420 g/mol. The first kappa shape index (κ1) is 21.5. The number of aliphatic hydroxyl groups is 1. The van der Waals surface area contributed by atoms with Crippen molar-refractivity contribution in [3.8, 4) is 0 Å². The molecule has 3 rings (SSSR count). The lowest BCUT2D eigenvalue weighted by Gasteiger charge is -2.19. The van der Waals surface area contributed by atoms with Gasteiger partial charge in [-0.2, -0.15) is 31.3 Å². The predicted octanol–water partition coefficient (Wildman–Crippen LogP) is 3.20. The first-order valence-corrected chi connectivity index (χ1v) is 8.31. The van der Waals surface area contributed by atoms with Gasteiger partial charge in [-0.3, -0.25) is 4.98 Å². The summed E-state index contributed by atoms with van der Waals surface area (Å²) in [6.45, 7) is 0.977. The summed E-state index contributed by atoms with van der Waals surface area (Å²) in [6, 6.07) is 3.23. The number of H-pyrrole nitrogens is 1. The average molecular weight is 433 g/mol. The highest BCUT2D eigenvalue weighted by Crippen LogP contribution is 2.38. The molecule has 7 nitrogen and oxygen atoms in total. The van der Waals surface area contributed by atoms with Crippen molar-refractivity contribution < 1.29 is 31.4 Å². The lowest BCUT2D eigenvalue weighted by atomic mass is 9.99. The summed E-state index contributed by atoms with van der Waals surface area (Å²) in [5.41, 5.74) is -5.04. The molecule has 0 fully saturated rings. The topological polar surface area (TPSA) is 104 Å². The minimum atomic E-state index is -5.04. The SMILES string of the molecule is Cc1nc(NCC(O)c2cc(C(F)(F)F)nc3c(C(F)(F)F)cccc23)nc(=O)[nH]1. The summed E-state index contributed by atoms with van der Waals surface area (Å²) < 4.78 is 79.5. The Balaban J connectivity index is 2.08. The van der Waals surface area contributed by atoms with E-state index < -0.39 is 53.0 Å². The molecule has 2 heterocycles. The van der Waals surface area contributed by atoms with Gasteiger partial charge in [0.25, 0.3) is 0 Å². The Morgan fingerprint density at radius 3 is 2.40 bits per heavy atom. The molecule has 13 heteroatoms. The maximum absolute atomic E-state index is 13.3. The third-order valence-corrected chi connectivity index (χ3v) is 4.05. The molecule has 0 saturated carbocycles. The van der Waals surface area contributed by atoms with Gasteiger partial charge >= 0.3 is 18.0 Å². The first-order chi connectivity index (χ1) is 13.9. The number of aromatic nitrogens is 4. The molecule has 0 radical (unpaired) electrons. The van der Waals surface area contributed by atoms with Crippen LogP contribution in [0.3, 0.4) is 0 Å². The summed E-state index contributed by atoms with van der Waals surface area (Å²) in [7, 11) is 0. The van der Waals surface area contributed by atoms with Crippen LogP contribution in [0.5, 0.6) is 0 Å². The van der Waals surface area contributed by atoms with Crippen molar-refractivity contribution in [2.45, 2.75) is 25.4 Å². The van der Waals surface area contributed by atoms with Crippen molar-refractivity contribution in [2.75, 3.05) is 11.9 Å². The van der Waals surface area contributed by atoms with E-state index in [4.69, 9.17) is 0 Å². The summed E-state index contributed by atoms with van der Waals surface area (Å²) in [4.78, 5) is 24.1. The van der Waals surface area contributed by atoms with Gasteiger partial charge in [-0.05, 0) is 24.6 Å². The third kappa shape index (κ3) is 4.50. The fourth-order valence-corrected chi connectivity index (χ4v) is 2.79. The highest BCUT2D eigenvalue weighted by atomic mass is 19.4. The molecule has 2 aromatic heterocycles. The van der Waals surface area contributed by atoms with Crippen LogP contribution in [-0.4, -0.2) is 31.6 Å². The molecule has 1 unspecified atom stereocenters. The highest BCUT2D eigenvalue weighted by molar-refractivity contribution is 5.86. The number of para-hydroxylation sites is 1. The van der Waals surface area contributed by atoms with Crippen LogP contribution in [0.2, 0.25) is 0 Å². The van der Waals surface area contributed by atoms with E-state index in [-0.39, 0.29) is 17.2 Å². The molecule has 0 saturated heterocycles. The number of fused-ring (bicyclic) bond motifs is 1. The van der Waals surface area contributed by atoms with E-state index in [0.29, 0.717) is 12.1 Å². The van der Waals surface area contributed by atoms with Gasteiger partial charge in [0.2, 0.25) is 5.95 Å². The molecule has 1 aromatic carbocycles. The molecule has 0 aliphatic rings. The Bertz CT molecular complexity index is 1140. The summed E-state index contributed by atoms with van der Waals surface area (Å²) in [5, 5.41) is 12.6. The van der Waals surface area contributed by atoms with Crippen molar-refractivity contribution in [2.24, 2.45) is 0 Å². The van der Waals surface area contributed by atoms with Gasteiger partial charge in [-0.1, -0.05) is 12.1 Å². The minimum absolute atomic E-state index is 0.190. The second-order valence-electron chi connectivity index (χ2n) is 6.25. The molecule has 0 spiro atoms. The van der Waals surface area contributed by atoms with E-state index in [2.05, 4.69) is 25.3 Å². The molecule has 1 atom stereocenters. The fraction of sp³-hybridized carbons (Fsp3) is 0.294. The smallest absolute Gasteiger partial charge is 0.387 e. The molecule has 30 heavy (non-hydrogen) atoms. The van der Waals surface area contributed by atoms with Crippen LogP contribution in [0, 0.1) is 6.92 Å². The normalized spacial score (nSPS) is 13.5. The number of nitrogens with one attached hydrogen (secondary N) is 2. The quantitative estimate of drug-likeness (QED) is 0.546. The second kappa shape index (κ2) is 7.55. The number of rotatable bonds is 4. The van der Waals surface area contributed by atoms with E-state index in [1.807, 2.05) is 0 Å². The van der Waals surface area contributed by atoms with Crippen LogP contribution >= 0.6 is 0 Å². The Morgan fingerprint density at radius 2 is 1.80 bits per heavy atom. The van der Waals surface area contributed by atoms with Crippen molar-refractivity contribution in [3.63, 3.8) is 0 Å². The molecule has 0 bridgehead atoms. The van der Waals surface area contributed by atoms with Crippen LogP contribution in [-0.2, 0) is 12.4 Å². The number of halogens is 6. The van der Waals surface area contributed by atoms with Gasteiger partial charge in [0.1, 0.15) is 11.5 Å². The van der Waals surface area contributed by atoms with E-state index in [1.54, 1.807) is 0 Å². The fourth-order valence-electron chi connectivity index (χ4n) is 2.79. The Hall–Kier alpha value is -3.22. The number of aliphatic hydroxyl groups excluding tert-OH is 1. The minimum Gasteiger partial charge on any atom is -0.387 e. The molecule has 0 amide bonds. The average Bonchev–Trinajstić information content (AvgIpc) is 2.62. The van der Waals surface area contributed by atoms with Crippen molar-refractivity contribution >= 4 is 16.9 Å². The zero-order valence-electron chi connectivity index (χ0n) is 15.1. The molecule has 3 N–H and O–H groups in total. The van der Waals surface area contributed by atoms with E-state index in [0.717, 1.165) is 12.1 Å². The standard InChI is InChI=1S/C17H13F6N5O2/c1-7-25-14(28-15(30)26-7)24-6-11(29)9-5-12(17(21,22)23)27-13-8(9)3-2-4-10(13)16(18,19)20/h2-5,11,29H,6H2,1H3,(H2,24,25,26,28,30). The predicted molar refractivity (Wildman–Crippen MR) is 92.6 cm³/mol. The van der Waals surface area contributed by atoms with Gasteiger partial charge in [0.15, 0.2) is 0 Å². The van der Waals surface area contributed by atoms with Crippen molar-refractivity contribution in [3.05, 3.63) is 57.4 Å². The van der Waals surface area contributed by atoms with Gasteiger partial charge in [0, 0.05) is 11.9 Å². The van der Waals surface area contributed by atoms with Crippen molar-refractivity contribution in [1.29, 1.82) is 0 Å². The number of benzene rings is 1. The Labute approximate surface area is 163 Å². The Kier molecular flexibility index (Phi) is 5.41. The monoisotopic (exact) mass is 433 g/mol. The number of anilines is 1. The van der Waals surface area contributed by atoms with Gasteiger partial charge in [0.05, 0.1) is 17.2 Å². The van der Waals surface area contributed by atoms with Crippen LogP contribution < -0.4 is 11.0 Å². The summed E-state index contributed by atoms with van der Waals surface area (Å²) in [6.07, 6.45) is -11.7. The van der Waals surface area contributed by atoms with E-state index >= 15 is 0 Å². The van der Waals surface area contributed by atoms with Crippen LogP contribution in [0.4, 0.5) is 32.3 Å². The largest absolute Gasteiger partial charge is 0.433 e. The van der Waals surface area contributed by atoms with Crippen LogP contribution in [0.15, 0.2) is 29.1 Å². The van der Waals surface area contributed by atoms with Crippen molar-refractivity contribution in [1.82, 2.24) is 19.9 Å². The zero-order chi connectivity index (χ0) is 22.3. The van der Waals surface area contributed by atoms with E-state index in [9.17, 15) is 36.2 Å². The lowest BCUT2D eigenvalue weighted by Crippen LogP contribution is -2.21. The summed E-state index contributed by atoms with van der Waals surface area (Å²) in [5.74, 6) is -0.0174. The molecule has 3 aromatic rings. The number of aryl methyl sites for hydroxylation is 1. The number of aromatic amines is 1. The number of alkyl halides is 6. The van der Waals surface area contributed by atoms with Gasteiger partial charge in [-0.15, -0.1) is 0 Å². The maximum atomic E-state index is 13.3. The van der Waals surface area contributed by atoms with Crippen LogP contribution in [0.25, 0.3) is 10.9 Å². The van der Waals surface area contributed by atoms with Gasteiger partial charge < -0.3 is 10.4 Å². The summed E-state index contributed by atoms with van der Waals surface area (Å²) >= 11 is 0.